The second-order valence-electron chi connectivity index (χ2n) is 23.9. The van der Waals surface area contributed by atoms with E-state index < -0.39 is 12.1 Å². The molecular weight excluding hydrogens is 911 g/mol. The van der Waals surface area contributed by atoms with Gasteiger partial charge in [-0.05, 0) is 25.7 Å². The van der Waals surface area contributed by atoms with Gasteiger partial charge in [-0.1, -0.05) is 361 Å². The van der Waals surface area contributed by atoms with E-state index in [-0.39, 0.29) is 18.5 Å². The lowest BCUT2D eigenvalue weighted by Crippen LogP contribution is -2.45. The Morgan fingerprint density at radius 1 is 0.324 bits per heavy atom. The van der Waals surface area contributed by atoms with Crippen LogP contribution in [0.25, 0.3) is 0 Å². The number of amides is 1. The Kier molecular flexibility index (Phi) is 63.4. The van der Waals surface area contributed by atoms with Crippen LogP contribution in [0.5, 0.6) is 0 Å². The molecule has 0 radical (unpaired) electrons. The highest BCUT2D eigenvalue weighted by Gasteiger charge is 2.20. The van der Waals surface area contributed by atoms with Crippen LogP contribution < -0.4 is 5.32 Å². The van der Waals surface area contributed by atoms with E-state index in [1.165, 1.54) is 327 Å². The molecule has 0 spiro atoms. The predicted octanol–water partition coefficient (Wildman–Crippen LogP) is 21.8. The van der Waals surface area contributed by atoms with Gasteiger partial charge in [0, 0.05) is 12.8 Å². The number of aliphatic hydroxyl groups is 2. The maximum absolute atomic E-state index is 12.5. The second-order valence-corrected chi connectivity index (χ2v) is 23.9. The molecule has 2 unspecified atom stereocenters. The van der Waals surface area contributed by atoms with Gasteiger partial charge >= 0.3 is 5.97 Å². The van der Waals surface area contributed by atoms with Crippen LogP contribution in [0.2, 0.25) is 0 Å². The van der Waals surface area contributed by atoms with Crippen molar-refractivity contribution in [2.45, 2.75) is 411 Å². The summed E-state index contributed by atoms with van der Waals surface area (Å²) in [7, 11) is 0. The summed E-state index contributed by atoms with van der Waals surface area (Å²) >= 11 is 0. The average Bonchev–Trinajstić information content (AvgIpc) is 3.40. The van der Waals surface area contributed by atoms with Crippen molar-refractivity contribution in [3.8, 4) is 0 Å². The van der Waals surface area contributed by atoms with Crippen LogP contribution in [-0.2, 0) is 14.3 Å². The van der Waals surface area contributed by atoms with Crippen molar-refractivity contribution in [1.29, 1.82) is 0 Å². The maximum Gasteiger partial charge on any atom is 0.305 e. The smallest absolute Gasteiger partial charge is 0.305 e. The van der Waals surface area contributed by atoms with E-state index >= 15 is 0 Å². The number of nitrogens with one attached hydrogen (secondary N) is 1. The fraction of sp³-hybridized carbons (Fsp3) is 0.971. The predicted molar refractivity (Wildman–Crippen MR) is 324 cm³/mol. The number of ether oxygens (including phenoxy) is 1. The third kappa shape index (κ3) is 60.1. The highest BCUT2D eigenvalue weighted by Crippen LogP contribution is 2.19. The Labute approximate surface area is 464 Å². The van der Waals surface area contributed by atoms with Gasteiger partial charge in [-0.3, -0.25) is 9.59 Å². The Bertz CT molecular complexity index is 1070. The number of carbonyl (C=O) groups excluding carboxylic acids is 2. The minimum absolute atomic E-state index is 0.0239. The van der Waals surface area contributed by atoms with Gasteiger partial charge in [-0.25, -0.2) is 0 Å². The van der Waals surface area contributed by atoms with Crippen molar-refractivity contribution in [2.24, 2.45) is 0 Å². The van der Waals surface area contributed by atoms with Gasteiger partial charge < -0.3 is 20.3 Å². The van der Waals surface area contributed by atoms with E-state index in [9.17, 15) is 19.8 Å². The summed E-state index contributed by atoms with van der Waals surface area (Å²) in [5.74, 6) is -0.00577. The number of carbonyl (C=O) groups is 2. The van der Waals surface area contributed by atoms with Gasteiger partial charge in [0.05, 0.1) is 25.4 Å². The number of rotatable bonds is 65. The molecule has 74 heavy (non-hydrogen) atoms. The molecule has 0 aromatic rings. The lowest BCUT2D eigenvalue weighted by Gasteiger charge is -2.22. The molecule has 0 saturated carbocycles. The summed E-state index contributed by atoms with van der Waals surface area (Å²) in [4.78, 5) is 24.6. The third-order valence-corrected chi connectivity index (χ3v) is 16.4. The fourth-order valence-electron chi connectivity index (χ4n) is 11.2. The van der Waals surface area contributed by atoms with E-state index in [4.69, 9.17) is 4.74 Å². The quantitative estimate of drug-likeness (QED) is 0.0417. The molecule has 0 rings (SSSR count). The molecule has 3 N–H and O–H groups in total. The zero-order chi connectivity index (χ0) is 53.6. The first kappa shape index (κ1) is 72.9. The summed E-state index contributed by atoms with van der Waals surface area (Å²) < 4.78 is 5.51. The van der Waals surface area contributed by atoms with Crippen LogP contribution >= 0.6 is 0 Å². The van der Waals surface area contributed by atoms with Crippen molar-refractivity contribution in [3.63, 3.8) is 0 Å². The van der Waals surface area contributed by atoms with Gasteiger partial charge in [-0.15, -0.1) is 0 Å². The number of hydrogen-bond acceptors (Lipinski definition) is 5. The van der Waals surface area contributed by atoms with Crippen molar-refractivity contribution < 1.29 is 24.5 Å². The molecule has 2 atom stereocenters. The average molecular weight is 1050 g/mol. The summed E-state index contributed by atoms with van der Waals surface area (Å²) in [5, 5.41) is 23.3. The van der Waals surface area contributed by atoms with Crippen molar-refractivity contribution >= 4 is 11.9 Å². The molecule has 0 aliphatic carbocycles. The Morgan fingerprint density at radius 2 is 0.554 bits per heavy atom. The minimum Gasteiger partial charge on any atom is -0.466 e. The van der Waals surface area contributed by atoms with E-state index in [1.807, 2.05) is 0 Å². The van der Waals surface area contributed by atoms with Crippen molar-refractivity contribution in [3.05, 3.63) is 0 Å². The Hall–Kier alpha value is -1.14. The molecule has 0 aromatic carbocycles. The molecule has 6 heteroatoms. The third-order valence-electron chi connectivity index (χ3n) is 16.4. The van der Waals surface area contributed by atoms with Gasteiger partial charge in [0.2, 0.25) is 5.91 Å². The zero-order valence-electron chi connectivity index (χ0n) is 50.6. The van der Waals surface area contributed by atoms with Gasteiger partial charge in [0.25, 0.3) is 0 Å². The molecule has 0 heterocycles. The van der Waals surface area contributed by atoms with Crippen LogP contribution in [0.3, 0.4) is 0 Å². The van der Waals surface area contributed by atoms with Crippen LogP contribution in [0.1, 0.15) is 399 Å². The lowest BCUT2D eigenvalue weighted by atomic mass is 10.0. The van der Waals surface area contributed by atoms with Crippen LogP contribution in [-0.4, -0.2) is 47.4 Å². The molecule has 0 fully saturated rings. The van der Waals surface area contributed by atoms with Crippen LogP contribution in [0.15, 0.2) is 0 Å². The molecule has 0 aromatic heterocycles. The normalized spacial score (nSPS) is 12.4. The molecule has 442 valence electrons. The zero-order valence-corrected chi connectivity index (χ0v) is 50.6. The molecule has 0 aliphatic heterocycles. The lowest BCUT2D eigenvalue weighted by molar-refractivity contribution is -0.143. The van der Waals surface area contributed by atoms with E-state index in [2.05, 4.69) is 19.2 Å². The number of esters is 1. The molecule has 1 amide bonds. The standard InChI is InChI=1S/C68H135NO5/c1-3-5-7-9-11-13-15-17-18-31-35-38-42-46-50-54-58-62-68(73)74-63-59-55-51-47-43-39-36-33-30-28-26-24-22-20-19-21-23-25-27-29-32-34-37-41-45-49-53-57-61-67(72)69-65(64-70)66(71)60-56-52-48-44-40-16-14-12-10-8-6-4-2/h65-66,70-71H,3-64H2,1-2H3,(H,69,72). The Morgan fingerprint density at radius 3 is 0.824 bits per heavy atom. The van der Waals surface area contributed by atoms with Crippen molar-refractivity contribution in [1.82, 2.24) is 5.32 Å². The fourth-order valence-corrected chi connectivity index (χ4v) is 11.2. The highest BCUT2D eigenvalue weighted by molar-refractivity contribution is 5.76. The topological polar surface area (TPSA) is 95.9 Å². The summed E-state index contributed by atoms with van der Waals surface area (Å²) in [5.41, 5.74) is 0. The van der Waals surface area contributed by atoms with Crippen LogP contribution in [0.4, 0.5) is 0 Å². The van der Waals surface area contributed by atoms with E-state index in [0.29, 0.717) is 25.9 Å². The second kappa shape index (κ2) is 64.4. The van der Waals surface area contributed by atoms with Crippen molar-refractivity contribution in [2.75, 3.05) is 13.2 Å². The molecular formula is C68H135NO5. The van der Waals surface area contributed by atoms with E-state index in [1.54, 1.807) is 0 Å². The largest absolute Gasteiger partial charge is 0.466 e. The SMILES string of the molecule is CCCCCCCCCCCCCCCCCCCC(=O)OCCCCCCCCCCCCCCCCCCCCCCCCCCCCCCC(=O)NC(CO)C(O)CCCCCCCCCCCCCC. The first-order valence-corrected chi connectivity index (χ1v) is 34.3. The first-order valence-electron chi connectivity index (χ1n) is 34.3. The highest BCUT2D eigenvalue weighted by atomic mass is 16.5. The summed E-state index contributed by atoms with van der Waals surface area (Å²) in [6.45, 7) is 4.99. The molecule has 0 aliphatic rings. The van der Waals surface area contributed by atoms with Crippen LogP contribution in [0, 0.1) is 0 Å². The van der Waals surface area contributed by atoms with Gasteiger partial charge in [0.15, 0.2) is 0 Å². The Balaban J connectivity index is 3.30. The molecule has 0 bridgehead atoms. The maximum atomic E-state index is 12.5. The summed E-state index contributed by atoms with van der Waals surface area (Å²) in [6.07, 6.45) is 77.2. The number of unbranched alkanes of at least 4 members (excludes halogenated alkanes) is 54. The molecule has 6 nitrogen and oxygen atoms in total. The monoisotopic (exact) mass is 1050 g/mol. The summed E-state index contributed by atoms with van der Waals surface area (Å²) in [6, 6.07) is -0.537. The number of hydrogen-bond donors (Lipinski definition) is 3. The first-order chi connectivity index (χ1) is 36.5. The minimum atomic E-state index is -0.660. The van der Waals surface area contributed by atoms with E-state index in [0.717, 1.165) is 38.5 Å². The molecule has 0 saturated heterocycles. The van der Waals surface area contributed by atoms with Gasteiger partial charge in [0.1, 0.15) is 0 Å². The van der Waals surface area contributed by atoms with Gasteiger partial charge in [-0.2, -0.15) is 0 Å². The number of aliphatic hydroxyl groups excluding tert-OH is 2.